The molecule has 0 saturated carbocycles. The van der Waals surface area contributed by atoms with Gasteiger partial charge in [-0.3, -0.25) is 0 Å². The molecule has 0 unspecified atom stereocenters. The van der Waals surface area contributed by atoms with Crippen molar-refractivity contribution in [3.05, 3.63) is 0 Å². The largest absolute Gasteiger partial charge is 0.356 e. The second-order valence-corrected chi connectivity index (χ2v) is 4.41. The van der Waals surface area contributed by atoms with Crippen molar-refractivity contribution in [2.45, 2.75) is 58.7 Å². The summed E-state index contributed by atoms with van der Waals surface area (Å²) in [6.45, 7) is 10.1. The molecule has 0 bridgehead atoms. The van der Waals surface area contributed by atoms with E-state index in [1.807, 2.05) is 13.8 Å². The lowest BCUT2D eigenvalue weighted by Crippen LogP contribution is -2.22. The number of ether oxygens (including phenoxy) is 1. The van der Waals surface area contributed by atoms with Crippen molar-refractivity contribution in [1.82, 2.24) is 0 Å². The maximum atomic E-state index is 5.15. The van der Waals surface area contributed by atoms with Gasteiger partial charge in [0.15, 0.2) is 5.72 Å². The molecule has 0 saturated heterocycles. The van der Waals surface area contributed by atoms with Gasteiger partial charge < -0.3 is 4.74 Å². The van der Waals surface area contributed by atoms with Crippen LogP contribution in [0.5, 0.6) is 0 Å². The Bertz CT molecular complexity index is 174. The van der Waals surface area contributed by atoms with E-state index in [9.17, 15) is 0 Å². The van der Waals surface area contributed by atoms with E-state index in [-0.39, 0.29) is 5.54 Å². The number of methoxy groups -OCH3 is 1. The average molecular weight is 186 g/mol. The Kier molecular flexibility index (Phi) is 4.54. The van der Waals surface area contributed by atoms with Gasteiger partial charge in [-0.2, -0.15) is 10.2 Å². The maximum absolute atomic E-state index is 5.15. The summed E-state index contributed by atoms with van der Waals surface area (Å²) < 4.78 is 5.15. The molecule has 0 heterocycles. The fourth-order valence-electron chi connectivity index (χ4n) is 0.958. The number of hydrogen-bond donors (Lipinski definition) is 0. The maximum Gasteiger partial charge on any atom is 0.172 e. The Morgan fingerprint density at radius 2 is 1.62 bits per heavy atom. The third kappa shape index (κ3) is 5.75. The summed E-state index contributed by atoms with van der Waals surface area (Å²) in [4.78, 5) is 0. The summed E-state index contributed by atoms with van der Waals surface area (Å²) in [5, 5.41) is 8.46. The van der Waals surface area contributed by atoms with Crippen LogP contribution < -0.4 is 0 Å². The summed E-state index contributed by atoms with van der Waals surface area (Å²) in [7, 11) is 1.64. The zero-order valence-corrected chi connectivity index (χ0v) is 9.72. The summed E-state index contributed by atoms with van der Waals surface area (Å²) in [5.74, 6) is 0. The van der Waals surface area contributed by atoms with Gasteiger partial charge in [-0.15, -0.1) is 0 Å². The van der Waals surface area contributed by atoms with E-state index in [1.54, 1.807) is 7.11 Å². The van der Waals surface area contributed by atoms with Gasteiger partial charge in [0.25, 0.3) is 0 Å². The molecule has 0 aromatic heterocycles. The van der Waals surface area contributed by atoms with Gasteiger partial charge in [-0.05, 0) is 34.1 Å². The van der Waals surface area contributed by atoms with Crippen molar-refractivity contribution in [2.75, 3.05) is 7.11 Å². The fourth-order valence-corrected chi connectivity index (χ4v) is 0.958. The van der Waals surface area contributed by atoms with E-state index >= 15 is 0 Å². The lowest BCUT2D eigenvalue weighted by Gasteiger charge is -2.21. The van der Waals surface area contributed by atoms with Crippen LogP contribution in [-0.2, 0) is 4.74 Å². The summed E-state index contributed by atoms with van der Waals surface area (Å²) in [6, 6.07) is 0. The van der Waals surface area contributed by atoms with Crippen LogP contribution in [0.1, 0.15) is 47.5 Å². The number of rotatable bonds is 5. The molecule has 0 spiro atoms. The lowest BCUT2D eigenvalue weighted by atomic mass is 10.0. The van der Waals surface area contributed by atoms with Crippen molar-refractivity contribution in [1.29, 1.82) is 0 Å². The zero-order valence-electron chi connectivity index (χ0n) is 9.72. The van der Waals surface area contributed by atoms with Crippen LogP contribution in [0.4, 0.5) is 0 Å². The number of azo groups is 1. The Balaban J connectivity index is 4.24. The lowest BCUT2D eigenvalue weighted by molar-refractivity contribution is 0.0216. The fraction of sp³-hybridized carbons (Fsp3) is 1.00. The highest BCUT2D eigenvalue weighted by Gasteiger charge is 2.19. The molecular formula is C10H22N2O. The Labute approximate surface area is 81.6 Å². The quantitative estimate of drug-likeness (QED) is 0.606. The molecule has 0 atom stereocenters. The highest BCUT2D eigenvalue weighted by molar-refractivity contribution is 4.76. The highest BCUT2D eigenvalue weighted by atomic mass is 16.5. The second kappa shape index (κ2) is 4.70. The van der Waals surface area contributed by atoms with E-state index in [4.69, 9.17) is 4.74 Å². The van der Waals surface area contributed by atoms with Crippen molar-refractivity contribution >= 4 is 0 Å². The first-order valence-electron chi connectivity index (χ1n) is 4.82. The smallest absolute Gasteiger partial charge is 0.172 e. The third-order valence-electron chi connectivity index (χ3n) is 1.92. The molecule has 0 aliphatic heterocycles. The van der Waals surface area contributed by atoms with Crippen LogP contribution in [-0.4, -0.2) is 18.4 Å². The molecule has 78 valence electrons. The molecule has 0 rings (SSSR count). The van der Waals surface area contributed by atoms with Crippen LogP contribution in [0.3, 0.4) is 0 Å². The molecule has 13 heavy (non-hydrogen) atoms. The molecule has 0 N–H and O–H groups in total. The monoisotopic (exact) mass is 186 g/mol. The van der Waals surface area contributed by atoms with Crippen LogP contribution in [0, 0.1) is 0 Å². The number of hydrogen-bond acceptors (Lipinski definition) is 3. The van der Waals surface area contributed by atoms with E-state index in [1.165, 1.54) is 0 Å². The molecule has 0 amide bonds. The Hall–Kier alpha value is -0.440. The van der Waals surface area contributed by atoms with Crippen molar-refractivity contribution in [2.24, 2.45) is 10.2 Å². The molecule has 0 radical (unpaired) electrons. The topological polar surface area (TPSA) is 34.0 Å². The molecule has 0 fully saturated rings. The van der Waals surface area contributed by atoms with Crippen LogP contribution >= 0.6 is 0 Å². The van der Waals surface area contributed by atoms with Crippen LogP contribution in [0.2, 0.25) is 0 Å². The minimum absolute atomic E-state index is 0.0649. The third-order valence-corrected chi connectivity index (χ3v) is 1.92. The summed E-state index contributed by atoms with van der Waals surface area (Å²) in [6.07, 6.45) is 2.18. The predicted molar refractivity (Wildman–Crippen MR) is 54.9 cm³/mol. The van der Waals surface area contributed by atoms with Crippen molar-refractivity contribution in [3.63, 3.8) is 0 Å². The van der Waals surface area contributed by atoms with E-state index in [0.717, 1.165) is 12.8 Å². The van der Waals surface area contributed by atoms with E-state index < -0.39 is 5.72 Å². The average Bonchev–Trinajstić information content (AvgIpc) is 2.02. The molecule has 3 heteroatoms. The molecular weight excluding hydrogens is 164 g/mol. The highest BCUT2D eigenvalue weighted by Crippen LogP contribution is 2.20. The van der Waals surface area contributed by atoms with Gasteiger partial charge in [0.2, 0.25) is 0 Å². The molecule has 0 aromatic rings. The number of nitrogens with zero attached hydrogens (tertiary/aromatic N) is 2. The first kappa shape index (κ1) is 12.6. The van der Waals surface area contributed by atoms with Gasteiger partial charge in [0, 0.05) is 7.11 Å². The van der Waals surface area contributed by atoms with E-state index in [2.05, 4.69) is 31.0 Å². The van der Waals surface area contributed by atoms with Crippen molar-refractivity contribution in [3.8, 4) is 0 Å². The van der Waals surface area contributed by atoms with Crippen molar-refractivity contribution < 1.29 is 4.74 Å². The molecule has 0 aliphatic carbocycles. The predicted octanol–water partition coefficient (Wildman–Crippen LogP) is 3.40. The first-order chi connectivity index (χ1) is 5.83. The van der Waals surface area contributed by atoms with Crippen LogP contribution in [0.15, 0.2) is 10.2 Å². The van der Waals surface area contributed by atoms with Gasteiger partial charge >= 0.3 is 0 Å². The van der Waals surface area contributed by atoms with Gasteiger partial charge in [-0.1, -0.05) is 13.3 Å². The summed E-state index contributed by atoms with van der Waals surface area (Å²) >= 11 is 0. The minimum atomic E-state index is -0.495. The Morgan fingerprint density at radius 1 is 1.08 bits per heavy atom. The SMILES string of the molecule is CCCC(C)(C)N=NC(C)(C)OC. The van der Waals surface area contributed by atoms with E-state index in [0.29, 0.717) is 0 Å². The zero-order chi connectivity index (χ0) is 10.5. The van der Waals surface area contributed by atoms with Gasteiger partial charge in [-0.25, -0.2) is 0 Å². The normalized spacial score (nSPS) is 14.0. The Morgan fingerprint density at radius 3 is 2.00 bits per heavy atom. The standard InChI is InChI=1S/C10H22N2O/c1-7-8-9(2,3)11-12-10(4,5)13-6/h7-8H2,1-6H3. The first-order valence-corrected chi connectivity index (χ1v) is 4.82. The molecule has 0 aliphatic rings. The molecule has 0 aromatic carbocycles. The summed E-state index contributed by atoms with van der Waals surface area (Å²) in [5.41, 5.74) is -0.560. The van der Waals surface area contributed by atoms with Crippen LogP contribution in [0.25, 0.3) is 0 Å². The second-order valence-electron chi connectivity index (χ2n) is 4.41. The minimum Gasteiger partial charge on any atom is -0.356 e. The molecule has 3 nitrogen and oxygen atoms in total. The van der Waals surface area contributed by atoms with Gasteiger partial charge in [0.05, 0.1) is 5.54 Å². The van der Waals surface area contributed by atoms with Gasteiger partial charge in [0.1, 0.15) is 0 Å².